The molecule has 9 nitrogen and oxygen atoms in total. The van der Waals surface area contributed by atoms with Gasteiger partial charge in [0, 0.05) is 13.0 Å². The summed E-state index contributed by atoms with van der Waals surface area (Å²) in [5, 5.41) is 17.0. The number of nitrogens with zero attached hydrogens (tertiary/aromatic N) is 2. The first-order chi connectivity index (χ1) is 20.8. The monoisotopic (exact) mass is 604 g/mol. The van der Waals surface area contributed by atoms with Crippen molar-refractivity contribution in [1.29, 1.82) is 0 Å². The fourth-order valence-electron chi connectivity index (χ4n) is 6.65. The van der Waals surface area contributed by atoms with E-state index >= 15 is 0 Å². The average Bonchev–Trinajstić information content (AvgIpc) is 3.31. The highest BCUT2D eigenvalue weighted by Gasteiger charge is 2.62. The zero-order valence-corrected chi connectivity index (χ0v) is 25.4. The number of fused-ring (bicyclic) bond motifs is 3. The third-order valence-electron chi connectivity index (χ3n) is 9.21. The minimum atomic E-state index is -1.25. The number of carbonyl (C=O) groups excluding carboxylic acids is 2. The summed E-state index contributed by atoms with van der Waals surface area (Å²) in [5.74, 6) is -1.64. The van der Waals surface area contributed by atoms with Crippen LogP contribution in [-0.2, 0) is 20.9 Å². The summed E-state index contributed by atoms with van der Waals surface area (Å²) in [5.41, 5.74) is 1.82. The second kappa shape index (κ2) is 12.6. The molecule has 228 valence electrons. The Morgan fingerprint density at radius 3 is 2.67 bits per heavy atom. The van der Waals surface area contributed by atoms with Crippen molar-refractivity contribution in [2.24, 2.45) is 5.92 Å². The molecule has 43 heavy (non-hydrogen) atoms. The lowest BCUT2D eigenvalue weighted by Gasteiger charge is -2.29. The number of carboxylic acid groups (broad SMARTS) is 1. The number of carboxylic acids is 1. The zero-order chi connectivity index (χ0) is 30.0. The van der Waals surface area contributed by atoms with E-state index in [0.29, 0.717) is 24.6 Å². The highest BCUT2D eigenvalue weighted by atomic mass is 32.1. The molecule has 3 heterocycles. The Balaban J connectivity index is 1.25. The molecule has 3 fully saturated rings. The van der Waals surface area contributed by atoms with Crippen LogP contribution >= 0.6 is 11.3 Å². The molecule has 0 radical (unpaired) electrons. The number of hydrogen-bond acceptors (Lipinski definition) is 7. The molecule has 6 rings (SSSR count). The number of thiazole rings is 1. The molecule has 3 N–H and O–H groups in total. The van der Waals surface area contributed by atoms with E-state index < -0.39 is 35.6 Å². The first-order valence-electron chi connectivity index (χ1n) is 15.5. The molecule has 5 atom stereocenters. The van der Waals surface area contributed by atoms with Crippen molar-refractivity contribution in [3.8, 4) is 5.19 Å². The van der Waals surface area contributed by atoms with Crippen LogP contribution in [0.1, 0.15) is 68.9 Å². The lowest BCUT2D eigenvalue weighted by molar-refractivity contribution is -0.146. The lowest BCUT2D eigenvalue weighted by atomic mass is 10.0. The standard InChI is InChI=1S/C33H40N4O5S/c1-21-14-15-25-28(16-21)43-32(35-25)42-24-17-27-29(38)36-33(31(40)41)18-23(33)12-8-3-2-4-9-13-26(30(39)37(27)20-24)34-19-22-10-6-5-7-11-22/h5-7,10-11,14-16,23-24,26-27,34H,2-4,8-9,12-13,17-20H2,1H3,(H,36,38)(H,40,41)/t23-,24-,26+,27+,33-/m1/s1. The van der Waals surface area contributed by atoms with E-state index in [1.165, 1.54) is 11.3 Å². The van der Waals surface area contributed by atoms with Crippen LogP contribution in [0, 0.1) is 12.8 Å². The average molecular weight is 605 g/mol. The Hall–Kier alpha value is -3.50. The topological polar surface area (TPSA) is 121 Å². The number of amides is 2. The summed E-state index contributed by atoms with van der Waals surface area (Å²) in [6, 6.07) is 14.7. The van der Waals surface area contributed by atoms with Gasteiger partial charge in [-0.1, -0.05) is 79.8 Å². The Morgan fingerprint density at radius 1 is 1.12 bits per heavy atom. The van der Waals surface area contributed by atoms with E-state index in [-0.39, 0.29) is 24.8 Å². The summed E-state index contributed by atoms with van der Waals surface area (Å²) in [6.45, 7) is 2.80. The number of hydrogen-bond donors (Lipinski definition) is 3. The van der Waals surface area contributed by atoms with Gasteiger partial charge in [0.1, 0.15) is 17.7 Å². The fourth-order valence-corrected chi connectivity index (χ4v) is 7.63. The third-order valence-corrected chi connectivity index (χ3v) is 10.1. The first kappa shape index (κ1) is 29.6. The van der Waals surface area contributed by atoms with E-state index in [0.717, 1.165) is 59.9 Å². The van der Waals surface area contributed by atoms with Gasteiger partial charge in [0.15, 0.2) is 0 Å². The van der Waals surface area contributed by atoms with E-state index in [9.17, 15) is 19.5 Å². The molecule has 3 aromatic rings. The highest BCUT2D eigenvalue weighted by Crippen LogP contribution is 2.47. The predicted octanol–water partition coefficient (Wildman–Crippen LogP) is 4.82. The van der Waals surface area contributed by atoms with Crippen LogP contribution in [0.25, 0.3) is 10.2 Å². The summed E-state index contributed by atoms with van der Waals surface area (Å²) < 4.78 is 7.33. The molecular weight excluding hydrogens is 564 g/mol. The molecule has 2 saturated heterocycles. The summed E-state index contributed by atoms with van der Waals surface area (Å²) in [4.78, 5) is 46.7. The van der Waals surface area contributed by atoms with Crippen LogP contribution in [-0.4, -0.2) is 63.0 Å². The summed E-state index contributed by atoms with van der Waals surface area (Å²) >= 11 is 1.45. The Morgan fingerprint density at radius 2 is 1.88 bits per heavy atom. The van der Waals surface area contributed by atoms with Gasteiger partial charge in [-0.2, -0.15) is 0 Å². The van der Waals surface area contributed by atoms with Gasteiger partial charge in [0.2, 0.25) is 11.8 Å². The summed E-state index contributed by atoms with van der Waals surface area (Å²) in [6.07, 6.45) is 6.64. The quantitative estimate of drug-likeness (QED) is 0.369. The van der Waals surface area contributed by atoms with Crippen molar-refractivity contribution in [3.63, 3.8) is 0 Å². The Labute approximate surface area is 256 Å². The minimum Gasteiger partial charge on any atom is -0.479 e. The third kappa shape index (κ3) is 6.55. The van der Waals surface area contributed by atoms with Crippen molar-refractivity contribution in [2.75, 3.05) is 6.54 Å². The number of nitrogens with one attached hydrogen (secondary N) is 2. The second-order valence-corrected chi connectivity index (χ2v) is 13.4. The molecule has 0 bridgehead atoms. The van der Waals surface area contributed by atoms with E-state index in [4.69, 9.17) is 4.74 Å². The molecule has 3 aliphatic rings. The van der Waals surface area contributed by atoms with E-state index in [1.54, 1.807) is 4.90 Å². The fraction of sp³-hybridized carbons (Fsp3) is 0.515. The molecule has 1 aromatic heterocycles. The van der Waals surface area contributed by atoms with Gasteiger partial charge < -0.3 is 25.4 Å². The lowest BCUT2D eigenvalue weighted by Crippen LogP contribution is -2.55. The maximum atomic E-state index is 14.2. The number of rotatable bonds is 6. The van der Waals surface area contributed by atoms with E-state index in [2.05, 4.69) is 21.7 Å². The van der Waals surface area contributed by atoms with Crippen LogP contribution in [0.2, 0.25) is 0 Å². The van der Waals surface area contributed by atoms with Crippen LogP contribution in [0.5, 0.6) is 5.19 Å². The van der Waals surface area contributed by atoms with Gasteiger partial charge in [-0.25, -0.2) is 9.78 Å². The van der Waals surface area contributed by atoms with Crippen LogP contribution in [0.15, 0.2) is 48.5 Å². The van der Waals surface area contributed by atoms with Crippen LogP contribution in [0.4, 0.5) is 0 Å². The number of aromatic nitrogens is 1. The molecule has 1 saturated carbocycles. The molecule has 0 unspecified atom stereocenters. The van der Waals surface area contributed by atoms with Crippen molar-refractivity contribution in [1.82, 2.24) is 20.5 Å². The maximum absolute atomic E-state index is 14.2. The Bertz CT molecular complexity index is 1480. The zero-order valence-electron chi connectivity index (χ0n) is 24.6. The summed E-state index contributed by atoms with van der Waals surface area (Å²) in [7, 11) is 0. The maximum Gasteiger partial charge on any atom is 0.329 e. The van der Waals surface area contributed by atoms with Crippen LogP contribution in [0.3, 0.4) is 0 Å². The molecule has 2 amide bonds. The van der Waals surface area contributed by atoms with Gasteiger partial charge in [-0.3, -0.25) is 9.59 Å². The molecule has 2 aromatic carbocycles. The number of aliphatic carboxylic acids is 1. The van der Waals surface area contributed by atoms with E-state index in [1.807, 2.05) is 49.4 Å². The van der Waals surface area contributed by atoms with Gasteiger partial charge in [0.25, 0.3) is 5.19 Å². The first-order valence-corrected chi connectivity index (χ1v) is 16.3. The molecule has 0 spiro atoms. The van der Waals surface area contributed by atoms with Crippen LogP contribution < -0.4 is 15.4 Å². The van der Waals surface area contributed by atoms with Crippen molar-refractivity contribution < 1.29 is 24.2 Å². The number of carbonyl (C=O) groups is 3. The molecule has 10 heteroatoms. The van der Waals surface area contributed by atoms with Gasteiger partial charge in [-0.15, -0.1) is 0 Å². The van der Waals surface area contributed by atoms with Gasteiger partial charge in [-0.05, 0) is 55.4 Å². The largest absolute Gasteiger partial charge is 0.479 e. The number of ether oxygens (including phenoxy) is 1. The van der Waals surface area contributed by atoms with Crippen molar-refractivity contribution >= 4 is 39.3 Å². The number of aryl methyl sites for hydroxylation is 1. The molecular formula is C33H40N4O5S. The molecule has 2 aliphatic heterocycles. The van der Waals surface area contributed by atoms with Crippen molar-refractivity contribution in [2.45, 2.75) is 95.0 Å². The highest BCUT2D eigenvalue weighted by molar-refractivity contribution is 7.20. The second-order valence-electron chi connectivity index (χ2n) is 12.4. The Kier molecular flexibility index (Phi) is 8.68. The molecule has 1 aliphatic carbocycles. The normalized spacial score (nSPS) is 28.3. The smallest absolute Gasteiger partial charge is 0.329 e. The van der Waals surface area contributed by atoms with Gasteiger partial charge in [0.05, 0.1) is 22.8 Å². The van der Waals surface area contributed by atoms with Gasteiger partial charge >= 0.3 is 5.97 Å². The van der Waals surface area contributed by atoms with Crippen molar-refractivity contribution in [3.05, 3.63) is 59.7 Å². The SMILES string of the molecule is Cc1ccc2nc(O[C@@H]3C[C@H]4C(=O)N[C@]5(C(=O)O)C[C@H]5CCCCCCC[C@H](NCc5ccccc5)C(=O)N4C3)sc2c1. The number of benzene rings is 2. The predicted molar refractivity (Wildman–Crippen MR) is 165 cm³/mol. The minimum absolute atomic E-state index is 0.0804.